The number of carbonyl (C=O) groups is 2. The molecule has 0 saturated carbocycles. The summed E-state index contributed by atoms with van der Waals surface area (Å²) in [4.78, 5) is 30.3. The molecule has 4 heterocycles. The molecular weight excluding hydrogens is 464 g/mol. The molecular formula is C25H28N6O5. The van der Waals surface area contributed by atoms with E-state index in [2.05, 4.69) is 15.4 Å². The highest BCUT2D eigenvalue weighted by molar-refractivity contribution is 6.08. The maximum absolute atomic E-state index is 13.1. The summed E-state index contributed by atoms with van der Waals surface area (Å²) in [5, 5.41) is 17.7. The number of hydrogen-bond acceptors (Lipinski definition) is 6. The van der Waals surface area contributed by atoms with E-state index in [1.54, 1.807) is 36.0 Å². The minimum Gasteiger partial charge on any atom is -0.491 e. The number of nitrogens with one attached hydrogen (secondary N) is 1. The van der Waals surface area contributed by atoms with Crippen LogP contribution < -0.4 is 10.1 Å². The van der Waals surface area contributed by atoms with E-state index >= 15 is 0 Å². The maximum atomic E-state index is 13.1. The van der Waals surface area contributed by atoms with E-state index in [1.807, 2.05) is 22.9 Å². The van der Waals surface area contributed by atoms with Gasteiger partial charge in [-0.15, -0.1) is 0 Å². The molecule has 1 aliphatic heterocycles. The van der Waals surface area contributed by atoms with Crippen LogP contribution in [-0.4, -0.2) is 74.6 Å². The van der Waals surface area contributed by atoms with Crippen molar-refractivity contribution in [2.75, 3.05) is 38.7 Å². The predicted octanol–water partition coefficient (Wildman–Crippen LogP) is 3.35. The third kappa shape index (κ3) is 4.82. The molecule has 11 heteroatoms. The summed E-state index contributed by atoms with van der Waals surface area (Å²) in [6.07, 6.45) is 5.94. The first-order valence-electron chi connectivity index (χ1n) is 11.9. The van der Waals surface area contributed by atoms with E-state index in [-0.39, 0.29) is 11.8 Å². The minimum atomic E-state index is -0.878. The van der Waals surface area contributed by atoms with Crippen LogP contribution in [0, 0.1) is 5.92 Å². The van der Waals surface area contributed by atoms with Crippen LogP contribution in [0.2, 0.25) is 0 Å². The summed E-state index contributed by atoms with van der Waals surface area (Å²) >= 11 is 0. The average Bonchev–Trinajstić information content (AvgIpc) is 3.49. The highest BCUT2D eigenvalue weighted by Gasteiger charge is 2.24. The van der Waals surface area contributed by atoms with Gasteiger partial charge >= 0.3 is 6.09 Å². The van der Waals surface area contributed by atoms with Crippen LogP contribution in [0.4, 0.5) is 10.5 Å². The molecule has 0 spiro atoms. The zero-order chi connectivity index (χ0) is 25.1. The lowest BCUT2D eigenvalue weighted by atomic mass is 9.98. The van der Waals surface area contributed by atoms with Gasteiger partial charge in [0.25, 0.3) is 5.91 Å². The Bertz CT molecular complexity index is 1400. The fourth-order valence-corrected chi connectivity index (χ4v) is 4.64. The summed E-state index contributed by atoms with van der Waals surface area (Å²) in [5.74, 6) is 0.552. The number of amides is 2. The number of anilines is 1. The second-order valence-corrected chi connectivity index (χ2v) is 8.83. The summed E-state index contributed by atoms with van der Waals surface area (Å²) < 4.78 is 14.2. The molecule has 188 valence electrons. The molecule has 0 bridgehead atoms. The van der Waals surface area contributed by atoms with Gasteiger partial charge in [0.05, 0.1) is 30.2 Å². The molecule has 0 radical (unpaired) electrons. The van der Waals surface area contributed by atoms with Crippen LogP contribution in [-0.2, 0) is 11.3 Å². The van der Waals surface area contributed by atoms with Gasteiger partial charge in [-0.05, 0) is 37.0 Å². The standard InChI is InChI=1S/C25H28N6O5/c1-35-10-11-36-18-7-9-30-22(14-26-23(30)12-18)24(32)28-20-5-2-6-21-19(20)13-27-31(21)16-17-4-3-8-29(15-17)25(33)34/h2,5-7,9,12-14,17H,3-4,8,10-11,15-16H2,1H3,(H,28,32)(H,33,34). The second-order valence-electron chi connectivity index (χ2n) is 8.83. The average molecular weight is 493 g/mol. The number of piperidine rings is 1. The first kappa shape index (κ1) is 23.6. The van der Waals surface area contributed by atoms with Crippen molar-refractivity contribution < 1.29 is 24.2 Å². The molecule has 36 heavy (non-hydrogen) atoms. The van der Waals surface area contributed by atoms with Crippen LogP contribution in [0.25, 0.3) is 16.6 Å². The number of fused-ring (bicyclic) bond motifs is 2. The topological polar surface area (TPSA) is 123 Å². The maximum Gasteiger partial charge on any atom is 0.407 e. The minimum absolute atomic E-state index is 0.192. The van der Waals surface area contributed by atoms with Gasteiger partial charge in [-0.2, -0.15) is 5.10 Å². The van der Waals surface area contributed by atoms with Gasteiger partial charge in [-0.3, -0.25) is 13.9 Å². The number of nitrogens with zero attached hydrogens (tertiary/aromatic N) is 5. The number of imidazole rings is 1. The number of benzene rings is 1. The highest BCUT2D eigenvalue weighted by atomic mass is 16.5. The van der Waals surface area contributed by atoms with Crippen molar-refractivity contribution in [1.29, 1.82) is 0 Å². The van der Waals surface area contributed by atoms with E-state index in [4.69, 9.17) is 9.47 Å². The number of hydrogen-bond donors (Lipinski definition) is 2. The van der Waals surface area contributed by atoms with Gasteiger partial charge in [0.1, 0.15) is 23.7 Å². The van der Waals surface area contributed by atoms with Crippen LogP contribution in [0.15, 0.2) is 48.9 Å². The first-order valence-corrected chi connectivity index (χ1v) is 11.9. The lowest BCUT2D eigenvalue weighted by molar-refractivity contribution is 0.102. The molecule has 1 fully saturated rings. The molecule has 1 saturated heterocycles. The zero-order valence-electron chi connectivity index (χ0n) is 20.0. The number of carbonyl (C=O) groups excluding carboxylic acids is 1. The fourth-order valence-electron chi connectivity index (χ4n) is 4.64. The Morgan fingerprint density at radius 2 is 2.11 bits per heavy atom. The van der Waals surface area contributed by atoms with Crippen molar-refractivity contribution in [1.82, 2.24) is 24.1 Å². The van der Waals surface area contributed by atoms with E-state index in [0.29, 0.717) is 55.6 Å². The van der Waals surface area contributed by atoms with Crippen LogP contribution in [0.3, 0.4) is 0 Å². The van der Waals surface area contributed by atoms with Crippen LogP contribution in [0.5, 0.6) is 5.75 Å². The van der Waals surface area contributed by atoms with Gasteiger partial charge in [0.15, 0.2) is 0 Å². The Morgan fingerprint density at radius 3 is 2.94 bits per heavy atom. The number of rotatable bonds is 8. The summed E-state index contributed by atoms with van der Waals surface area (Å²) in [6, 6.07) is 9.22. The van der Waals surface area contributed by atoms with Crippen molar-refractivity contribution in [3.05, 3.63) is 54.6 Å². The smallest absolute Gasteiger partial charge is 0.407 e. The van der Waals surface area contributed by atoms with Crippen molar-refractivity contribution in [2.45, 2.75) is 19.4 Å². The fraction of sp³-hybridized carbons (Fsp3) is 0.360. The number of aromatic nitrogens is 4. The lowest BCUT2D eigenvalue weighted by Gasteiger charge is -2.30. The van der Waals surface area contributed by atoms with Crippen molar-refractivity contribution in [3.63, 3.8) is 0 Å². The van der Waals surface area contributed by atoms with Gasteiger partial charge in [-0.25, -0.2) is 9.78 Å². The zero-order valence-corrected chi connectivity index (χ0v) is 20.0. The van der Waals surface area contributed by atoms with Gasteiger partial charge < -0.3 is 24.8 Å². The molecule has 1 aliphatic rings. The number of carboxylic acid groups (broad SMARTS) is 1. The Balaban J connectivity index is 1.32. The molecule has 2 N–H and O–H groups in total. The van der Waals surface area contributed by atoms with Crippen molar-refractivity contribution >= 4 is 34.2 Å². The van der Waals surface area contributed by atoms with Gasteiger partial charge in [0.2, 0.25) is 0 Å². The predicted molar refractivity (Wildman–Crippen MR) is 133 cm³/mol. The molecule has 4 aromatic rings. The number of pyridine rings is 1. The van der Waals surface area contributed by atoms with Gasteiger partial charge in [-0.1, -0.05) is 6.07 Å². The Morgan fingerprint density at radius 1 is 1.22 bits per heavy atom. The first-order chi connectivity index (χ1) is 17.5. The van der Waals surface area contributed by atoms with Crippen LogP contribution >= 0.6 is 0 Å². The third-order valence-electron chi connectivity index (χ3n) is 6.43. The third-order valence-corrected chi connectivity index (χ3v) is 6.43. The summed E-state index contributed by atoms with van der Waals surface area (Å²) in [7, 11) is 1.61. The van der Waals surface area contributed by atoms with Crippen molar-refractivity contribution in [2.24, 2.45) is 5.92 Å². The molecule has 0 aliphatic carbocycles. The monoisotopic (exact) mass is 492 g/mol. The number of likely N-dealkylation sites (tertiary alicyclic amines) is 1. The van der Waals surface area contributed by atoms with Crippen molar-refractivity contribution in [3.8, 4) is 5.75 Å². The SMILES string of the molecule is COCCOc1ccn2c(C(=O)Nc3cccc4c3cnn4CC3CCCN(C(=O)O)C3)cnc2c1. The highest BCUT2D eigenvalue weighted by Crippen LogP contribution is 2.26. The molecule has 1 unspecified atom stereocenters. The molecule has 2 amide bonds. The van der Waals surface area contributed by atoms with Gasteiger partial charge in [0, 0.05) is 44.4 Å². The summed E-state index contributed by atoms with van der Waals surface area (Å²) in [5.41, 5.74) is 2.53. The molecule has 3 aromatic heterocycles. The van der Waals surface area contributed by atoms with E-state index in [0.717, 1.165) is 23.7 Å². The quantitative estimate of drug-likeness (QED) is 0.362. The normalized spacial score (nSPS) is 15.9. The molecule has 5 rings (SSSR count). The Hall–Kier alpha value is -4.12. The molecule has 1 atom stereocenters. The van der Waals surface area contributed by atoms with Crippen LogP contribution in [0.1, 0.15) is 23.3 Å². The van der Waals surface area contributed by atoms with E-state index in [1.165, 1.54) is 11.1 Å². The Kier molecular flexibility index (Phi) is 6.72. The molecule has 1 aromatic carbocycles. The largest absolute Gasteiger partial charge is 0.491 e. The number of ether oxygens (including phenoxy) is 2. The van der Waals surface area contributed by atoms with E-state index < -0.39 is 6.09 Å². The summed E-state index contributed by atoms with van der Waals surface area (Å²) in [6.45, 7) is 2.61. The molecule has 11 nitrogen and oxygen atoms in total. The lowest BCUT2D eigenvalue weighted by Crippen LogP contribution is -2.40. The Labute approximate surface area is 207 Å². The number of methoxy groups -OCH3 is 1. The second kappa shape index (κ2) is 10.2. The van der Waals surface area contributed by atoms with E-state index in [9.17, 15) is 14.7 Å².